The molecule has 0 atom stereocenters. The first kappa shape index (κ1) is 27.0. The maximum atomic E-state index is 14.5. The van der Waals surface area contributed by atoms with Crippen molar-refractivity contribution in [2.75, 3.05) is 10.2 Å². The van der Waals surface area contributed by atoms with Crippen molar-refractivity contribution >= 4 is 29.0 Å². The minimum atomic E-state index is -4.68. The van der Waals surface area contributed by atoms with Gasteiger partial charge in [0.15, 0.2) is 0 Å². The second kappa shape index (κ2) is 10.9. The smallest absolute Gasteiger partial charge is 0.351 e. The standard InChI is InChI=1S/C28H19F4N7O2/c29-28(30,31)20-5-4-8-22(16-20)38(27(33)41)24-14-13-19(15-23(24)25-35-36-37-39(25)32)17-9-11-18(12-10-17)26(40)34-21-6-2-1-3-7-21/h1-16H,(H2,33,41)(H,34,40). The third-order valence-corrected chi connectivity index (χ3v) is 6.08. The van der Waals surface area contributed by atoms with E-state index in [-0.39, 0.29) is 27.7 Å². The molecule has 3 amide bonds. The molecule has 0 saturated carbocycles. The zero-order valence-corrected chi connectivity index (χ0v) is 20.9. The predicted molar refractivity (Wildman–Crippen MR) is 143 cm³/mol. The number of carbonyl (C=O) groups excluding carboxylic acids is 2. The number of nitrogens with zero attached hydrogens (tertiary/aromatic N) is 5. The Kier molecular flexibility index (Phi) is 7.17. The van der Waals surface area contributed by atoms with Gasteiger partial charge in [-0.1, -0.05) is 51.8 Å². The van der Waals surface area contributed by atoms with Crippen molar-refractivity contribution < 1.29 is 27.2 Å². The van der Waals surface area contributed by atoms with Crippen LogP contribution in [0.4, 0.5) is 39.5 Å². The van der Waals surface area contributed by atoms with Crippen molar-refractivity contribution in [3.63, 3.8) is 0 Å². The third kappa shape index (κ3) is 5.73. The molecule has 206 valence electrons. The van der Waals surface area contributed by atoms with Gasteiger partial charge < -0.3 is 11.1 Å². The number of hydrogen-bond acceptors (Lipinski definition) is 5. The Balaban J connectivity index is 1.54. The Labute approximate surface area is 229 Å². The maximum Gasteiger partial charge on any atom is 0.416 e. The number of amides is 3. The van der Waals surface area contributed by atoms with E-state index in [0.717, 1.165) is 23.1 Å². The molecule has 13 heteroatoms. The predicted octanol–water partition coefficient (Wildman–Crippen LogP) is 6.23. The first-order valence-corrected chi connectivity index (χ1v) is 11.9. The highest BCUT2D eigenvalue weighted by Gasteiger charge is 2.32. The molecule has 5 rings (SSSR count). The monoisotopic (exact) mass is 561 g/mol. The summed E-state index contributed by atoms with van der Waals surface area (Å²) < 4.78 is 54.6. The lowest BCUT2D eigenvalue weighted by atomic mass is 9.99. The molecule has 0 bridgehead atoms. The van der Waals surface area contributed by atoms with Crippen LogP contribution in [0.5, 0.6) is 0 Å². The molecule has 0 aliphatic carbocycles. The van der Waals surface area contributed by atoms with Gasteiger partial charge in [0.05, 0.1) is 16.9 Å². The number of tetrazole rings is 1. The number of hydrogen-bond donors (Lipinski definition) is 2. The second-order valence-electron chi connectivity index (χ2n) is 8.71. The van der Waals surface area contributed by atoms with Gasteiger partial charge in [0.1, 0.15) is 0 Å². The number of carbonyl (C=O) groups is 2. The summed E-state index contributed by atoms with van der Waals surface area (Å²) in [6, 6.07) is 22.7. The average molecular weight is 561 g/mol. The molecular weight excluding hydrogens is 542 g/mol. The molecule has 4 aromatic carbocycles. The minimum absolute atomic E-state index is 0.0305. The molecule has 3 N–H and O–H groups in total. The van der Waals surface area contributed by atoms with Crippen LogP contribution in [0.1, 0.15) is 15.9 Å². The normalized spacial score (nSPS) is 11.2. The zero-order chi connectivity index (χ0) is 29.1. The lowest BCUT2D eigenvalue weighted by molar-refractivity contribution is -0.137. The van der Waals surface area contributed by atoms with Gasteiger partial charge in [0.2, 0.25) is 5.82 Å². The Morgan fingerprint density at radius 3 is 2.20 bits per heavy atom. The van der Waals surface area contributed by atoms with Crippen molar-refractivity contribution in [2.24, 2.45) is 5.73 Å². The van der Waals surface area contributed by atoms with Gasteiger partial charge in [-0.25, -0.2) is 4.79 Å². The van der Waals surface area contributed by atoms with Crippen molar-refractivity contribution in [2.45, 2.75) is 6.18 Å². The van der Waals surface area contributed by atoms with Gasteiger partial charge in [0, 0.05) is 16.8 Å². The van der Waals surface area contributed by atoms with Gasteiger partial charge in [0.25, 0.3) is 5.91 Å². The number of urea groups is 1. The van der Waals surface area contributed by atoms with E-state index in [1.807, 2.05) is 6.07 Å². The first-order chi connectivity index (χ1) is 19.6. The van der Waals surface area contributed by atoms with Crippen molar-refractivity contribution in [1.29, 1.82) is 0 Å². The number of aromatic nitrogens is 4. The molecule has 0 radical (unpaired) electrons. The largest absolute Gasteiger partial charge is 0.416 e. The van der Waals surface area contributed by atoms with Gasteiger partial charge >= 0.3 is 12.2 Å². The van der Waals surface area contributed by atoms with Gasteiger partial charge in [-0.3, -0.25) is 9.69 Å². The van der Waals surface area contributed by atoms with Crippen molar-refractivity contribution in [3.05, 3.63) is 108 Å². The van der Waals surface area contributed by atoms with E-state index >= 15 is 0 Å². The lowest BCUT2D eigenvalue weighted by Gasteiger charge is -2.24. The molecule has 0 spiro atoms. The first-order valence-electron chi connectivity index (χ1n) is 11.9. The SMILES string of the molecule is NC(=O)N(c1cccc(C(F)(F)F)c1)c1ccc(-c2ccc(C(=O)Nc3ccccc3)cc2)cc1-c1nnnn1F. The molecule has 0 aliphatic rings. The van der Waals surface area contributed by atoms with Crippen LogP contribution in [0.2, 0.25) is 0 Å². The summed E-state index contributed by atoms with van der Waals surface area (Å²) in [4.78, 5) is 25.8. The quantitative estimate of drug-likeness (QED) is 0.238. The van der Waals surface area contributed by atoms with Crippen LogP contribution in [-0.2, 0) is 6.18 Å². The van der Waals surface area contributed by atoms with Crippen LogP contribution in [0, 0.1) is 0 Å². The molecule has 5 aromatic rings. The molecule has 0 unspecified atom stereocenters. The Bertz CT molecular complexity index is 1720. The average Bonchev–Trinajstić information content (AvgIpc) is 3.39. The number of para-hydroxylation sites is 1. The Morgan fingerprint density at radius 1 is 0.854 bits per heavy atom. The number of alkyl halides is 3. The fraction of sp³-hybridized carbons (Fsp3) is 0.0357. The fourth-order valence-electron chi connectivity index (χ4n) is 4.16. The van der Waals surface area contributed by atoms with Crippen LogP contribution in [0.15, 0.2) is 97.1 Å². The molecule has 0 fully saturated rings. The molecule has 41 heavy (non-hydrogen) atoms. The summed E-state index contributed by atoms with van der Waals surface area (Å²) in [6.07, 6.45) is -4.68. The number of anilines is 3. The summed E-state index contributed by atoms with van der Waals surface area (Å²) in [5, 5.41) is 12.9. The van der Waals surface area contributed by atoms with Gasteiger partial charge in [-0.2, -0.15) is 13.2 Å². The molecule has 0 aliphatic heterocycles. The third-order valence-electron chi connectivity index (χ3n) is 6.08. The molecule has 0 saturated heterocycles. The van der Waals surface area contributed by atoms with E-state index in [0.29, 0.717) is 22.4 Å². The Hall–Kier alpha value is -5.59. The second-order valence-corrected chi connectivity index (χ2v) is 8.71. The van der Waals surface area contributed by atoms with E-state index in [4.69, 9.17) is 5.73 Å². The van der Waals surface area contributed by atoms with Gasteiger partial charge in [-0.05, 0) is 76.2 Å². The molecule has 1 heterocycles. The van der Waals surface area contributed by atoms with E-state index in [9.17, 15) is 27.2 Å². The number of rotatable bonds is 6. The summed E-state index contributed by atoms with van der Waals surface area (Å²) in [5.41, 5.74) is 6.41. The van der Waals surface area contributed by atoms with Crippen LogP contribution >= 0.6 is 0 Å². The van der Waals surface area contributed by atoms with Gasteiger partial charge in [-0.15, -0.1) is 5.10 Å². The van der Waals surface area contributed by atoms with Crippen molar-refractivity contribution in [1.82, 2.24) is 20.4 Å². The summed E-state index contributed by atoms with van der Waals surface area (Å²) in [7, 11) is 0. The molecule has 9 nitrogen and oxygen atoms in total. The summed E-state index contributed by atoms with van der Waals surface area (Å²) in [6.45, 7) is 0. The summed E-state index contributed by atoms with van der Waals surface area (Å²) >= 11 is 0. The van der Waals surface area contributed by atoms with Crippen LogP contribution in [-0.4, -0.2) is 32.4 Å². The van der Waals surface area contributed by atoms with E-state index in [2.05, 4.69) is 20.8 Å². The van der Waals surface area contributed by atoms with E-state index in [1.54, 1.807) is 54.6 Å². The van der Waals surface area contributed by atoms with E-state index < -0.39 is 23.6 Å². The van der Waals surface area contributed by atoms with Crippen LogP contribution < -0.4 is 16.0 Å². The number of nitrogens with two attached hydrogens (primary N) is 1. The number of nitrogens with one attached hydrogen (secondary N) is 1. The molecule has 1 aromatic heterocycles. The zero-order valence-electron chi connectivity index (χ0n) is 20.9. The van der Waals surface area contributed by atoms with Crippen molar-refractivity contribution in [3.8, 4) is 22.5 Å². The topological polar surface area (TPSA) is 119 Å². The molecular formula is C28H19F4N7O2. The highest BCUT2D eigenvalue weighted by atomic mass is 19.4. The maximum absolute atomic E-state index is 14.5. The van der Waals surface area contributed by atoms with E-state index in [1.165, 1.54) is 18.2 Å². The fourth-order valence-corrected chi connectivity index (χ4v) is 4.16. The number of benzene rings is 4. The number of primary amides is 1. The highest BCUT2D eigenvalue weighted by Crippen LogP contribution is 2.39. The lowest BCUT2D eigenvalue weighted by Crippen LogP contribution is -2.32. The number of halogens is 4. The summed E-state index contributed by atoms with van der Waals surface area (Å²) in [5.74, 6) is -0.743. The highest BCUT2D eigenvalue weighted by molar-refractivity contribution is 6.05. The van der Waals surface area contributed by atoms with Crippen LogP contribution in [0.3, 0.4) is 0 Å². The Morgan fingerprint density at radius 2 is 1.56 bits per heavy atom. The minimum Gasteiger partial charge on any atom is -0.351 e. The van der Waals surface area contributed by atoms with Crippen LogP contribution in [0.25, 0.3) is 22.5 Å².